The number of nitrogens with zero attached hydrogens (tertiary/aromatic N) is 6. The number of carbonyl (C=O) groups excluding carboxylic acids is 1. The van der Waals surface area contributed by atoms with E-state index in [0.717, 1.165) is 58.2 Å². The summed E-state index contributed by atoms with van der Waals surface area (Å²) < 4.78 is 1.93. The highest BCUT2D eigenvalue weighted by molar-refractivity contribution is 6.04. The highest BCUT2D eigenvalue weighted by Gasteiger charge is 2.22. The van der Waals surface area contributed by atoms with Crippen molar-refractivity contribution in [3.8, 4) is 17.9 Å². The fraction of sp³-hybridized carbons (Fsp3) is 0.289. The van der Waals surface area contributed by atoms with Crippen LogP contribution in [0.5, 0.6) is 0 Å². The van der Waals surface area contributed by atoms with Gasteiger partial charge in [-0.3, -0.25) is 9.20 Å². The van der Waals surface area contributed by atoms with Gasteiger partial charge >= 0.3 is 0 Å². The lowest BCUT2D eigenvalue weighted by molar-refractivity contribution is 0.102. The number of aromatic nitrogens is 2. The van der Waals surface area contributed by atoms with Crippen molar-refractivity contribution >= 4 is 28.6 Å². The molecule has 9 nitrogen and oxygen atoms in total. The Balaban J connectivity index is 1.61. The molecule has 47 heavy (non-hydrogen) atoms. The molecular formula is C38H44N8O. The first-order chi connectivity index (χ1) is 22.3. The molecule has 0 saturated carbocycles. The zero-order valence-electron chi connectivity index (χ0n) is 28.6. The summed E-state index contributed by atoms with van der Waals surface area (Å²) in [5, 5.41) is 16.3. The molecule has 0 bridgehead atoms. The number of hydrogen-bond donors (Lipinski definition) is 2. The SMILES string of the molecule is C=C/C(=C\N(C)C)Nc1cccn2c(C#Cc3cc(C(=O)Nc4cc(N(C)CCN(C)C)cc(C(C)(C)C#N)c4)ccc3C)cnc12. The Morgan fingerprint density at radius 3 is 2.49 bits per heavy atom. The third-order valence-electron chi connectivity index (χ3n) is 7.76. The lowest BCUT2D eigenvalue weighted by Crippen LogP contribution is -2.29. The molecule has 2 aromatic carbocycles. The van der Waals surface area contributed by atoms with Crippen LogP contribution in [0.3, 0.4) is 0 Å². The smallest absolute Gasteiger partial charge is 0.255 e. The molecule has 242 valence electrons. The Morgan fingerprint density at radius 2 is 1.81 bits per heavy atom. The molecule has 0 saturated heterocycles. The first kappa shape index (κ1) is 34.4. The van der Waals surface area contributed by atoms with E-state index in [0.29, 0.717) is 11.3 Å². The van der Waals surface area contributed by atoms with Gasteiger partial charge in [-0.25, -0.2) is 4.98 Å². The second kappa shape index (κ2) is 14.7. The van der Waals surface area contributed by atoms with Crippen LogP contribution in [0.4, 0.5) is 17.1 Å². The Labute approximate surface area is 278 Å². The lowest BCUT2D eigenvalue weighted by atomic mass is 9.85. The van der Waals surface area contributed by atoms with Crippen molar-refractivity contribution in [3.63, 3.8) is 0 Å². The second-order valence-corrected chi connectivity index (χ2v) is 12.6. The van der Waals surface area contributed by atoms with Gasteiger partial charge in [0.05, 0.1) is 29.1 Å². The predicted molar refractivity (Wildman–Crippen MR) is 193 cm³/mol. The van der Waals surface area contributed by atoms with Crippen molar-refractivity contribution in [2.24, 2.45) is 0 Å². The summed E-state index contributed by atoms with van der Waals surface area (Å²) in [6.45, 7) is 11.3. The fourth-order valence-corrected chi connectivity index (χ4v) is 4.81. The van der Waals surface area contributed by atoms with Crippen molar-refractivity contribution in [2.75, 3.05) is 63.9 Å². The molecule has 0 atom stereocenters. The van der Waals surface area contributed by atoms with Crippen molar-refractivity contribution in [2.45, 2.75) is 26.2 Å². The number of carbonyl (C=O) groups is 1. The zero-order chi connectivity index (χ0) is 34.3. The summed E-state index contributed by atoms with van der Waals surface area (Å²) in [4.78, 5) is 24.4. The normalized spacial score (nSPS) is 11.4. The molecule has 2 heterocycles. The number of amides is 1. The van der Waals surface area contributed by atoms with Gasteiger partial charge in [-0.2, -0.15) is 5.26 Å². The van der Waals surface area contributed by atoms with Crippen molar-refractivity contribution in [3.05, 3.63) is 113 Å². The molecule has 0 aliphatic carbocycles. The molecular weight excluding hydrogens is 584 g/mol. The third kappa shape index (κ3) is 8.61. The minimum absolute atomic E-state index is 0.254. The van der Waals surface area contributed by atoms with Crippen LogP contribution < -0.4 is 15.5 Å². The van der Waals surface area contributed by atoms with Crippen LogP contribution >= 0.6 is 0 Å². The maximum Gasteiger partial charge on any atom is 0.255 e. The first-order valence-corrected chi connectivity index (χ1v) is 15.4. The number of pyridine rings is 1. The van der Waals surface area contributed by atoms with Gasteiger partial charge in [0.2, 0.25) is 0 Å². The van der Waals surface area contributed by atoms with E-state index < -0.39 is 5.41 Å². The highest BCUT2D eigenvalue weighted by atomic mass is 16.1. The topological polar surface area (TPSA) is 91.9 Å². The molecule has 9 heteroatoms. The molecule has 0 aliphatic rings. The largest absolute Gasteiger partial charge is 0.382 e. The van der Waals surface area contributed by atoms with Crippen LogP contribution in [0.25, 0.3) is 5.65 Å². The van der Waals surface area contributed by atoms with Crippen LogP contribution in [-0.2, 0) is 5.41 Å². The van der Waals surface area contributed by atoms with E-state index in [9.17, 15) is 10.1 Å². The second-order valence-electron chi connectivity index (χ2n) is 12.6. The van der Waals surface area contributed by atoms with Gasteiger partial charge in [0.25, 0.3) is 5.91 Å². The lowest BCUT2D eigenvalue weighted by Gasteiger charge is -2.25. The number of rotatable bonds is 11. The first-order valence-electron chi connectivity index (χ1n) is 15.4. The van der Waals surface area contributed by atoms with Crippen LogP contribution in [-0.4, -0.2) is 73.4 Å². The molecule has 0 fully saturated rings. The van der Waals surface area contributed by atoms with Gasteiger partial charge in [-0.1, -0.05) is 18.6 Å². The van der Waals surface area contributed by atoms with E-state index in [1.54, 1.807) is 18.3 Å². The summed E-state index contributed by atoms with van der Waals surface area (Å²) in [6, 6.07) is 17.6. The molecule has 2 aromatic heterocycles. The number of nitrogens with one attached hydrogen (secondary N) is 2. The average Bonchev–Trinajstić information content (AvgIpc) is 3.46. The van der Waals surface area contributed by atoms with Crippen molar-refractivity contribution < 1.29 is 4.79 Å². The van der Waals surface area contributed by atoms with Gasteiger partial charge in [-0.05, 0) is 100 Å². The van der Waals surface area contributed by atoms with Crippen molar-refractivity contribution in [1.82, 2.24) is 19.2 Å². The minimum atomic E-state index is -0.726. The van der Waals surface area contributed by atoms with Gasteiger partial charge < -0.3 is 25.3 Å². The van der Waals surface area contributed by atoms with Crippen molar-refractivity contribution in [1.29, 1.82) is 5.26 Å². The van der Waals surface area contributed by atoms with Crippen LogP contribution in [0, 0.1) is 30.1 Å². The maximum absolute atomic E-state index is 13.5. The number of allylic oxidation sites excluding steroid dienone is 1. The molecule has 2 N–H and O–H groups in total. The molecule has 0 unspecified atom stereocenters. The maximum atomic E-state index is 13.5. The van der Waals surface area contributed by atoms with E-state index in [-0.39, 0.29) is 5.91 Å². The Morgan fingerprint density at radius 1 is 1.04 bits per heavy atom. The highest BCUT2D eigenvalue weighted by Crippen LogP contribution is 2.30. The number of nitriles is 1. The number of benzene rings is 2. The summed E-state index contributed by atoms with van der Waals surface area (Å²) in [5.41, 5.74) is 6.99. The van der Waals surface area contributed by atoms with Crippen LogP contribution in [0.2, 0.25) is 0 Å². The number of fused-ring (bicyclic) bond motifs is 1. The number of aryl methyl sites for hydroxylation is 1. The Bertz CT molecular complexity index is 1910. The molecule has 0 spiro atoms. The molecule has 1 amide bonds. The average molecular weight is 629 g/mol. The van der Waals surface area contributed by atoms with E-state index in [1.807, 2.05) is 120 Å². The Hall–Kier alpha value is -5.51. The molecule has 4 aromatic rings. The van der Waals surface area contributed by atoms with E-state index in [1.165, 1.54) is 0 Å². The zero-order valence-corrected chi connectivity index (χ0v) is 28.6. The third-order valence-corrected chi connectivity index (χ3v) is 7.76. The summed E-state index contributed by atoms with van der Waals surface area (Å²) >= 11 is 0. The number of hydrogen-bond acceptors (Lipinski definition) is 7. The molecule has 0 aliphatic heterocycles. The monoisotopic (exact) mass is 628 g/mol. The number of likely N-dealkylation sites (N-methyl/N-ethyl adjacent to an activating group) is 2. The number of anilines is 3. The predicted octanol–water partition coefficient (Wildman–Crippen LogP) is 6.09. The summed E-state index contributed by atoms with van der Waals surface area (Å²) in [5.74, 6) is 6.25. The van der Waals surface area contributed by atoms with Gasteiger partial charge in [-0.15, -0.1) is 0 Å². The van der Waals surface area contributed by atoms with Gasteiger partial charge in [0, 0.05) is 69.1 Å². The summed E-state index contributed by atoms with van der Waals surface area (Å²) in [7, 11) is 9.98. The van der Waals surface area contributed by atoms with Crippen LogP contribution in [0.1, 0.15) is 46.6 Å². The van der Waals surface area contributed by atoms with Crippen LogP contribution in [0.15, 0.2) is 85.5 Å². The Kier molecular flexibility index (Phi) is 10.8. The van der Waals surface area contributed by atoms with E-state index in [2.05, 4.69) is 49.9 Å². The molecule has 0 radical (unpaired) electrons. The van der Waals surface area contributed by atoms with Gasteiger partial charge in [0.15, 0.2) is 5.65 Å². The summed E-state index contributed by atoms with van der Waals surface area (Å²) in [6.07, 6.45) is 7.36. The van der Waals surface area contributed by atoms with E-state index >= 15 is 0 Å². The quantitative estimate of drug-likeness (QED) is 0.153. The standard InChI is InChI=1S/C38H44N8O/c1-10-31(25-44(7)8)41-35-12-11-17-46-33(24-40-36(35)46)16-15-28-20-29(14-13-27(28)2)37(47)42-32-21-30(38(3,4)26-39)22-34(23-32)45(9)19-18-43(5)6/h10-14,17,20-25,41H,1,18-19H2,2-9H3,(H,42,47)/b31-25+. The fourth-order valence-electron chi connectivity index (χ4n) is 4.81. The molecule has 4 rings (SSSR count). The van der Waals surface area contributed by atoms with E-state index in [4.69, 9.17) is 0 Å². The minimum Gasteiger partial charge on any atom is -0.382 e. The van der Waals surface area contributed by atoms with Gasteiger partial charge in [0.1, 0.15) is 5.69 Å². The number of imidazole rings is 1.